The number of carbonyl (C=O) groups is 2. The zero-order valence-electron chi connectivity index (χ0n) is 13.4. The standard InChI is InChI=1S/C16H13F2N3O4S/c17-16(18)24-12-4-3-10(7-13(12)25-16)21-8-11(9-22)26-15(21)19-14(23)20-5-1-2-6-20/h3-4,7-9H,1-2,5-6H2/b19-15-. The Balaban J connectivity index is 1.74. The molecule has 0 atom stereocenters. The van der Waals surface area contributed by atoms with E-state index in [9.17, 15) is 18.4 Å². The third-order valence-corrected chi connectivity index (χ3v) is 4.93. The van der Waals surface area contributed by atoms with E-state index in [0.29, 0.717) is 29.9 Å². The Kier molecular flexibility index (Phi) is 3.98. The van der Waals surface area contributed by atoms with Crippen molar-refractivity contribution in [2.24, 2.45) is 4.99 Å². The third kappa shape index (κ3) is 3.07. The summed E-state index contributed by atoms with van der Waals surface area (Å²) in [5, 5.41) is 0. The highest BCUT2D eigenvalue weighted by molar-refractivity contribution is 7.11. The zero-order chi connectivity index (χ0) is 18.3. The average molecular weight is 381 g/mol. The van der Waals surface area contributed by atoms with Crippen LogP contribution >= 0.6 is 11.3 Å². The summed E-state index contributed by atoms with van der Waals surface area (Å²) in [4.78, 5) is 29.8. The van der Waals surface area contributed by atoms with Crippen molar-refractivity contribution in [2.75, 3.05) is 13.1 Å². The van der Waals surface area contributed by atoms with Crippen molar-refractivity contribution in [1.82, 2.24) is 9.47 Å². The number of hydrogen-bond donors (Lipinski definition) is 0. The van der Waals surface area contributed by atoms with Crippen LogP contribution in [-0.4, -0.2) is 41.2 Å². The second kappa shape index (κ2) is 6.20. The largest absolute Gasteiger partial charge is 0.586 e. The van der Waals surface area contributed by atoms with Gasteiger partial charge in [-0.05, 0) is 25.0 Å². The molecule has 136 valence electrons. The summed E-state index contributed by atoms with van der Waals surface area (Å²) in [5.41, 5.74) is 0.419. The van der Waals surface area contributed by atoms with E-state index in [1.807, 2.05) is 0 Å². The van der Waals surface area contributed by atoms with Gasteiger partial charge in [-0.15, -0.1) is 8.78 Å². The first-order valence-electron chi connectivity index (χ1n) is 7.87. The Bertz CT molecular complexity index is 947. The normalized spacial score (nSPS) is 18.4. The number of likely N-dealkylation sites (tertiary alicyclic amines) is 1. The summed E-state index contributed by atoms with van der Waals surface area (Å²) in [7, 11) is 0. The van der Waals surface area contributed by atoms with Crippen molar-refractivity contribution >= 4 is 23.7 Å². The molecule has 1 saturated heterocycles. The van der Waals surface area contributed by atoms with Gasteiger partial charge in [0.2, 0.25) is 0 Å². The monoisotopic (exact) mass is 381 g/mol. The van der Waals surface area contributed by atoms with E-state index < -0.39 is 6.29 Å². The number of thiazole rings is 1. The molecule has 0 N–H and O–H groups in total. The molecule has 7 nitrogen and oxygen atoms in total. The fraction of sp³-hybridized carbons (Fsp3) is 0.312. The molecule has 4 rings (SSSR count). The Morgan fingerprint density at radius 2 is 1.96 bits per heavy atom. The molecule has 10 heteroatoms. The highest BCUT2D eigenvalue weighted by atomic mass is 32.1. The van der Waals surface area contributed by atoms with Gasteiger partial charge in [0.1, 0.15) is 0 Å². The molecular weight excluding hydrogens is 368 g/mol. The van der Waals surface area contributed by atoms with E-state index in [-0.39, 0.29) is 22.3 Å². The molecular formula is C16H13F2N3O4S. The summed E-state index contributed by atoms with van der Waals surface area (Å²) in [6.07, 6.45) is 0.279. The minimum Gasteiger partial charge on any atom is -0.395 e. The maximum atomic E-state index is 13.2. The molecule has 0 saturated carbocycles. The summed E-state index contributed by atoms with van der Waals surface area (Å²) in [5.74, 6) is -0.215. The number of fused-ring (bicyclic) bond motifs is 1. The van der Waals surface area contributed by atoms with Gasteiger partial charge in [-0.2, -0.15) is 4.99 Å². The number of aldehydes is 1. The molecule has 1 aromatic carbocycles. The Morgan fingerprint density at radius 3 is 2.69 bits per heavy atom. The lowest BCUT2D eigenvalue weighted by Gasteiger charge is -2.10. The molecule has 2 amide bonds. The van der Waals surface area contributed by atoms with E-state index >= 15 is 0 Å². The van der Waals surface area contributed by atoms with Gasteiger partial charge in [-0.3, -0.25) is 9.36 Å². The Morgan fingerprint density at radius 1 is 1.23 bits per heavy atom. The van der Waals surface area contributed by atoms with Gasteiger partial charge < -0.3 is 14.4 Å². The predicted octanol–water partition coefficient (Wildman–Crippen LogP) is 2.79. The molecule has 3 heterocycles. The van der Waals surface area contributed by atoms with Gasteiger partial charge in [0.05, 0.1) is 10.6 Å². The first-order chi connectivity index (χ1) is 12.4. The highest BCUT2D eigenvalue weighted by Gasteiger charge is 2.43. The molecule has 2 aliphatic rings. The summed E-state index contributed by atoms with van der Waals surface area (Å²) in [6.45, 7) is 1.29. The second-order valence-electron chi connectivity index (χ2n) is 5.79. The number of carbonyl (C=O) groups excluding carboxylic acids is 2. The second-order valence-corrected chi connectivity index (χ2v) is 6.83. The van der Waals surface area contributed by atoms with E-state index in [1.54, 1.807) is 4.90 Å². The number of halogens is 2. The molecule has 1 fully saturated rings. The van der Waals surface area contributed by atoms with Gasteiger partial charge in [0.15, 0.2) is 22.6 Å². The van der Waals surface area contributed by atoms with Crippen LogP contribution in [-0.2, 0) is 0 Å². The number of hydrogen-bond acceptors (Lipinski definition) is 5. The van der Waals surface area contributed by atoms with Crippen molar-refractivity contribution in [3.8, 4) is 17.2 Å². The molecule has 26 heavy (non-hydrogen) atoms. The van der Waals surface area contributed by atoms with Crippen LogP contribution in [0.2, 0.25) is 0 Å². The number of aromatic nitrogens is 1. The minimum atomic E-state index is -3.72. The molecule has 1 aromatic heterocycles. The fourth-order valence-electron chi connectivity index (χ4n) is 2.83. The van der Waals surface area contributed by atoms with Crippen LogP contribution in [0.15, 0.2) is 29.4 Å². The highest BCUT2D eigenvalue weighted by Crippen LogP contribution is 2.41. The van der Waals surface area contributed by atoms with Gasteiger partial charge in [0, 0.05) is 25.4 Å². The lowest BCUT2D eigenvalue weighted by atomic mass is 10.3. The fourth-order valence-corrected chi connectivity index (χ4v) is 3.63. The number of alkyl halides is 2. The van der Waals surface area contributed by atoms with Crippen LogP contribution in [0.3, 0.4) is 0 Å². The number of ether oxygens (including phenoxy) is 2. The van der Waals surface area contributed by atoms with Crippen LogP contribution in [0.4, 0.5) is 13.6 Å². The molecule has 2 aliphatic heterocycles. The number of urea groups is 1. The maximum absolute atomic E-state index is 13.2. The third-order valence-electron chi connectivity index (χ3n) is 4.02. The van der Waals surface area contributed by atoms with Gasteiger partial charge >= 0.3 is 12.3 Å². The molecule has 0 bridgehead atoms. The number of nitrogens with zero attached hydrogens (tertiary/aromatic N) is 3. The minimum absolute atomic E-state index is 0.0863. The van der Waals surface area contributed by atoms with Crippen molar-refractivity contribution < 1.29 is 27.8 Å². The summed E-state index contributed by atoms with van der Waals surface area (Å²) < 4.78 is 36.7. The lowest BCUT2D eigenvalue weighted by Crippen LogP contribution is -2.27. The predicted molar refractivity (Wildman–Crippen MR) is 87.0 cm³/mol. The van der Waals surface area contributed by atoms with E-state index in [4.69, 9.17) is 0 Å². The SMILES string of the molecule is O=Cc1cn(-c2ccc3c(c2)OC(F)(F)O3)/c(=N/C(=O)N2CCCC2)s1. The molecule has 0 radical (unpaired) electrons. The zero-order valence-corrected chi connectivity index (χ0v) is 14.2. The van der Waals surface area contributed by atoms with Crippen LogP contribution in [0.1, 0.15) is 22.5 Å². The quantitative estimate of drug-likeness (QED) is 0.750. The number of amides is 2. The smallest absolute Gasteiger partial charge is 0.395 e. The van der Waals surface area contributed by atoms with Crippen molar-refractivity contribution in [2.45, 2.75) is 19.1 Å². The Labute approximate surface area is 150 Å². The van der Waals surface area contributed by atoms with Crippen molar-refractivity contribution in [1.29, 1.82) is 0 Å². The molecule has 2 aromatic rings. The van der Waals surface area contributed by atoms with Gasteiger partial charge in [0.25, 0.3) is 0 Å². The van der Waals surface area contributed by atoms with Crippen LogP contribution in [0, 0.1) is 0 Å². The topological polar surface area (TPSA) is 73.1 Å². The van der Waals surface area contributed by atoms with Crippen molar-refractivity contribution in [3.05, 3.63) is 34.1 Å². The van der Waals surface area contributed by atoms with E-state index in [1.165, 1.54) is 29.0 Å². The summed E-state index contributed by atoms with van der Waals surface area (Å²) in [6, 6.07) is 3.81. The molecule has 0 unspecified atom stereocenters. The Hall–Kier alpha value is -2.75. The first kappa shape index (κ1) is 16.7. The molecule has 0 spiro atoms. The lowest BCUT2D eigenvalue weighted by molar-refractivity contribution is -0.286. The maximum Gasteiger partial charge on any atom is 0.586 e. The van der Waals surface area contributed by atoms with Crippen LogP contribution in [0.25, 0.3) is 5.69 Å². The van der Waals surface area contributed by atoms with Gasteiger partial charge in [-0.25, -0.2) is 4.79 Å². The van der Waals surface area contributed by atoms with Crippen LogP contribution < -0.4 is 14.3 Å². The van der Waals surface area contributed by atoms with Gasteiger partial charge in [-0.1, -0.05) is 11.3 Å². The first-order valence-corrected chi connectivity index (χ1v) is 8.68. The van der Waals surface area contributed by atoms with E-state index in [0.717, 1.165) is 24.2 Å². The molecule has 0 aliphatic carbocycles. The van der Waals surface area contributed by atoms with Crippen molar-refractivity contribution in [3.63, 3.8) is 0 Å². The van der Waals surface area contributed by atoms with Crippen LogP contribution in [0.5, 0.6) is 11.5 Å². The number of rotatable bonds is 2. The number of benzene rings is 1. The van der Waals surface area contributed by atoms with E-state index in [2.05, 4.69) is 14.5 Å². The average Bonchev–Trinajstić information content (AvgIpc) is 3.30. The summed E-state index contributed by atoms with van der Waals surface area (Å²) >= 11 is 1.04.